The van der Waals surface area contributed by atoms with Crippen molar-refractivity contribution in [2.45, 2.75) is 26.7 Å². The summed E-state index contributed by atoms with van der Waals surface area (Å²) in [4.78, 5) is 10.6. The first-order chi connectivity index (χ1) is 6.02. The van der Waals surface area contributed by atoms with Gasteiger partial charge in [-0.25, -0.2) is 0 Å². The maximum absolute atomic E-state index is 10.6. The van der Waals surface area contributed by atoms with Gasteiger partial charge in [-0.1, -0.05) is 0 Å². The summed E-state index contributed by atoms with van der Waals surface area (Å²) in [5.41, 5.74) is 8.32. The van der Waals surface area contributed by atoms with E-state index in [1.807, 2.05) is 25.6 Å². The van der Waals surface area contributed by atoms with Crippen molar-refractivity contribution in [1.29, 1.82) is 0 Å². The summed E-state index contributed by atoms with van der Waals surface area (Å²) in [7, 11) is 1.90. The molecule has 13 heavy (non-hydrogen) atoms. The second kappa shape index (κ2) is 3.60. The van der Waals surface area contributed by atoms with Crippen molar-refractivity contribution in [2.75, 3.05) is 0 Å². The van der Waals surface area contributed by atoms with Crippen LogP contribution in [-0.4, -0.2) is 15.7 Å². The average Bonchev–Trinajstić information content (AvgIpc) is 2.24. The van der Waals surface area contributed by atoms with Gasteiger partial charge in [0.25, 0.3) is 0 Å². The highest BCUT2D eigenvalue weighted by Gasteiger charge is 2.09. The lowest BCUT2D eigenvalue weighted by Crippen LogP contribution is -2.11. The fourth-order valence-electron chi connectivity index (χ4n) is 1.43. The highest BCUT2D eigenvalue weighted by Crippen LogP contribution is 2.13. The Hall–Kier alpha value is -1.32. The van der Waals surface area contributed by atoms with Crippen molar-refractivity contribution in [1.82, 2.24) is 9.78 Å². The van der Waals surface area contributed by atoms with Crippen LogP contribution >= 0.6 is 0 Å². The van der Waals surface area contributed by atoms with Gasteiger partial charge in [0.1, 0.15) is 0 Å². The van der Waals surface area contributed by atoms with Crippen LogP contribution in [0.4, 0.5) is 0 Å². The molecule has 72 valence electrons. The molecule has 0 saturated heterocycles. The Kier molecular flexibility index (Phi) is 2.70. The van der Waals surface area contributed by atoms with Crippen LogP contribution in [0.15, 0.2) is 0 Å². The van der Waals surface area contributed by atoms with Gasteiger partial charge in [-0.2, -0.15) is 5.10 Å². The summed E-state index contributed by atoms with van der Waals surface area (Å²) in [5.74, 6) is -0.261. The summed E-state index contributed by atoms with van der Waals surface area (Å²) >= 11 is 0. The lowest BCUT2D eigenvalue weighted by atomic mass is 10.1. The number of carbonyl (C=O) groups is 1. The lowest BCUT2D eigenvalue weighted by Gasteiger charge is -1.98. The first-order valence-electron chi connectivity index (χ1n) is 4.29. The fourth-order valence-corrected chi connectivity index (χ4v) is 1.43. The van der Waals surface area contributed by atoms with Gasteiger partial charge in [0.2, 0.25) is 5.91 Å². The molecule has 0 spiro atoms. The summed E-state index contributed by atoms with van der Waals surface area (Å²) in [6.07, 6.45) is 1.09. The molecule has 0 aliphatic rings. The Bertz CT molecular complexity index is 328. The van der Waals surface area contributed by atoms with Gasteiger partial charge in [-0.15, -0.1) is 0 Å². The van der Waals surface area contributed by atoms with Crippen LogP contribution in [0.3, 0.4) is 0 Å². The molecule has 0 atom stereocenters. The number of aromatic nitrogens is 2. The Balaban J connectivity index is 2.81. The number of hydrogen-bond donors (Lipinski definition) is 1. The second-order valence-corrected chi connectivity index (χ2v) is 3.24. The van der Waals surface area contributed by atoms with Crippen LogP contribution in [0, 0.1) is 13.8 Å². The Morgan fingerprint density at radius 2 is 2.15 bits per heavy atom. The molecule has 0 aliphatic carbocycles. The zero-order chi connectivity index (χ0) is 10.0. The van der Waals surface area contributed by atoms with Crippen LogP contribution in [0.1, 0.15) is 23.4 Å². The van der Waals surface area contributed by atoms with E-state index in [1.165, 1.54) is 0 Å². The van der Waals surface area contributed by atoms with Crippen molar-refractivity contribution in [2.24, 2.45) is 12.8 Å². The Labute approximate surface area is 77.7 Å². The second-order valence-electron chi connectivity index (χ2n) is 3.24. The van der Waals surface area contributed by atoms with Gasteiger partial charge in [0.15, 0.2) is 0 Å². The molecule has 1 amide bonds. The largest absolute Gasteiger partial charge is 0.370 e. The van der Waals surface area contributed by atoms with Crippen LogP contribution in [0.5, 0.6) is 0 Å². The molecular weight excluding hydrogens is 166 g/mol. The number of nitrogens with zero attached hydrogens (tertiary/aromatic N) is 2. The van der Waals surface area contributed by atoms with Crippen molar-refractivity contribution in [3.63, 3.8) is 0 Å². The predicted octanol–water partition coefficient (Wildman–Crippen LogP) is 0.455. The third-order valence-electron chi connectivity index (χ3n) is 2.28. The SMILES string of the molecule is Cc1nn(C)c(C)c1CCC(N)=O. The van der Waals surface area contributed by atoms with Crippen LogP contribution < -0.4 is 5.73 Å². The first kappa shape index (κ1) is 9.77. The normalized spacial score (nSPS) is 10.4. The van der Waals surface area contributed by atoms with Gasteiger partial charge in [-0.05, 0) is 25.8 Å². The standard InChI is InChI=1S/C9H15N3O/c1-6-8(4-5-9(10)13)7(2)12(3)11-6/h4-5H2,1-3H3,(H2,10,13). The molecule has 0 saturated carbocycles. The predicted molar refractivity (Wildman–Crippen MR) is 50.2 cm³/mol. The van der Waals surface area contributed by atoms with Gasteiger partial charge in [0.05, 0.1) is 5.69 Å². The van der Waals surface area contributed by atoms with Gasteiger partial charge < -0.3 is 5.73 Å². The fraction of sp³-hybridized carbons (Fsp3) is 0.556. The van der Waals surface area contributed by atoms with Crippen LogP contribution in [-0.2, 0) is 18.3 Å². The number of rotatable bonds is 3. The van der Waals surface area contributed by atoms with E-state index in [1.54, 1.807) is 0 Å². The van der Waals surface area contributed by atoms with E-state index < -0.39 is 0 Å². The topological polar surface area (TPSA) is 60.9 Å². The molecule has 1 aromatic heterocycles. The minimum Gasteiger partial charge on any atom is -0.370 e. The molecule has 2 N–H and O–H groups in total. The molecule has 0 aliphatic heterocycles. The molecule has 1 aromatic rings. The minimum atomic E-state index is -0.261. The smallest absolute Gasteiger partial charge is 0.217 e. The van der Waals surface area contributed by atoms with E-state index in [9.17, 15) is 4.79 Å². The van der Waals surface area contributed by atoms with E-state index in [2.05, 4.69) is 5.10 Å². The molecular formula is C9H15N3O. The summed E-state index contributed by atoms with van der Waals surface area (Å²) < 4.78 is 1.83. The highest BCUT2D eigenvalue weighted by molar-refractivity contribution is 5.74. The third-order valence-corrected chi connectivity index (χ3v) is 2.28. The molecule has 0 unspecified atom stereocenters. The lowest BCUT2D eigenvalue weighted by molar-refractivity contribution is -0.117. The Morgan fingerprint density at radius 3 is 2.54 bits per heavy atom. The summed E-state index contributed by atoms with van der Waals surface area (Å²) in [5, 5.41) is 4.25. The van der Waals surface area contributed by atoms with Gasteiger partial charge in [-0.3, -0.25) is 9.48 Å². The van der Waals surface area contributed by atoms with E-state index in [4.69, 9.17) is 5.73 Å². The zero-order valence-electron chi connectivity index (χ0n) is 8.29. The number of primary amides is 1. The molecule has 0 radical (unpaired) electrons. The van der Waals surface area contributed by atoms with Crippen molar-refractivity contribution in [3.8, 4) is 0 Å². The Morgan fingerprint density at radius 1 is 1.54 bits per heavy atom. The number of carbonyl (C=O) groups excluding carboxylic acids is 1. The third kappa shape index (κ3) is 2.08. The van der Waals surface area contributed by atoms with Crippen LogP contribution in [0.25, 0.3) is 0 Å². The van der Waals surface area contributed by atoms with Gasteiger partial charge >= 0.3 is 0 Å². The zero-order valence-corrected chi connectivity index (χ0v) is 8.29. The maximum Gasteiger partial charge on any atom is 0.217 e. The quantitative estimate of drug-likeness (QED) is 0.736. The first-order valence-corrected chi connectivity index (χ1v) is 4.29. The number of aryl methyl sites for hydroxylation is 2. The number of nitrogens with two attached hydrogens (primary N) is 1. The maximum atomic E-state index is 10.6. The number of hydrogen-bond acceptors (Lipinski definition) is 2. The van der Waals surface area contributed by atoms with E-state index in [0.29, 0.717) is 12.8 Å². The van der Waals surface area contributed by atoms with Crippen molar-refractivity contribution < 1.29 is 4.79 Å². The summed E-state index contributed by atoms with van der Waals surface area (Å²) in [6.45, 7) is 3.94. The van der Waals surface area contributed by atoms with Crippen LogP contribution in [0.2, 0.25) is 0 Å². The number of amides is 1. The highest BCUT2D eigenvalue weighted by atomic mass is 16.1. The average molecular weight is 181 g/mol. The minimum absolute atomic E-state index is 0.261. The van der Waals surface area contributed by atoms with E-state index in [0.717, 1.165) is 17.0 Å². The van der Waals surface area contributed by atoms with Crippen molar-refractivity contribution >= 4 is 5.91 Å². The molecule has 0 bridgehead atoms. The monoisotopic (exact) mass is 181 g/mol. The molecule has 1 rings (SSSR count). The van der Waals surface area contributed by atoms with Gasteiger partial charge in [0, 0.05) is 19.2 Å². The molecule has 4 heteroatoms. The molecule has 0 aromatic carbocycles. The van der Waals surface area contributed by atoms with E-state index >= 15 is 0 Å². The molecule has 1 heterocycles. The summed E-state index contributed by atoms with van der Waals surface area (Å²) in [6, 6.07) is 0. The van der Waals surface area contributed by atoms with E-state index in [-0.39, 0.29) is 5.91 Å². The molecule has 4 nitrogen and oxygen atoms in total. The van der Waals surface area contributed by atoms with Crippen molar-refractivity contribution in [3.05, 3.63) is 17.0 Å². The molecule has 0 fully saturated rings.